The minimum absolute atomic E-state index is 0.132. The lowest BCUT2D eigenvalue weighted by molar-refractivity contribution is 0.0489. The third-order valence-corrected chi connectivity index (χ3v) is 4.69. The summed E-state index contributed by atoms with van der Waals surface area (Å²) in [7, 11) is 1.53. The fourth-order valence-corrected chi connectivity index (χ4v) is 3.18. The van der Waals surface area contributed by atoms with Crippen LogP contribution in [0.5, 0.6) is 5.75 Å². The summed E-state index contributed by atoms with van der Waals surface area (Å²) >= 11 is 0. The van der Waals surface area contributed by atoms with Crippen LogP contribution in [0.25, 0.3) is 10.8 Å². The Labute approximate surface area is 181 Å². The van der Waals surface area contributed by atoms with Gasteiger partial charge in [-0.15, -0.1) is 0 Å². The third kappa shape index (κ3) is 5.38. The molecule has 7 nitrogen and oxygen atoms in total. The molecule has 0 radical (unpaired) electrons. The monoisotopic (exact) mass is 421 g/mol. The third-order valence-electron chi connectivity index (χ3n) is 4.69. The van der Waals surface area contributed by atoms with Crippen LogP contribution in [-0.2, 0) is 4.74 Å². The van der Waals surface area contributed by atoms with Crippen molar-refractivity contribution in [1.29, 1.82) is 0 Å². The Morgan fingerprint density at radius 2 is 1.84 bits per heavy atom. The maximum atomic E-state index is 13.3. The van der Waals surface area contributed by atoms with E-state index in [1.165, 1.54) is 7.11 Å². The van der Waals surface area contributed by atoms with Crippen molar-refractivity contribution in [3.8, 4) is 5.75 Å². The molecule has 162 valence electrons. The number of carbonyl (C=O) groups is 2. The molecule has 2 aromatic carbocycles. The number of carbonyl (C=O) groups excluding carboxylic acids is 2. The summed E-state index contributed by atoms with van der Waals surface area (Å²) in [6, 6.07) is 12.5. The van der Waals surface area contributed by atoms with Gasteiger partial charge in [0, 0.05) is 29.4 Å². The van der Waals surface area contributed by atoms with Crippen LogP contribution in [0, 0.1) is 0 Å². The molecular weight excluding hydrogens is 394 g/mol. The summed E-state index contributed by atoms with van der Waals surface area (Å²) in [6.07, 6.45) is 2.84. The molecule has 0 aliphatic rings. The second-order valence-electron chi connectivity index (χ2n) is 8.18. The van der Waals surface area contributed by atoms with Crippen molar-refractivity contribution in [3.05, 3.63) is 71.5 Å². The highest BCUT2D eigenvalue weighted by Gasteiger charge is 2.20. The molecule has 1 heterocycles. The molecule has 31 heavy (non-hydrogen) atoms. The van der Waals surface area contributed by atoms with Gasteiger partial charge in [-0.05, 0) is 56.8 Å². The summed E-state index contributed by atoms with van der Waals surface area (Å²) in [5.41, 5.74) is 6.74. The van der Waals surface area contributed by atoms with E-state index in [1.54, 1.807) is 51.4 Å². The number of benzene rings is 2. The molecule has 0 bridgehead atoms. The number of methoxy groups -OCH3 is 1. The van der Waals surface area contributed by atoms with Gasteiger partial charge in [0.2, 0.25) is 0 Å². The number of hydrogen-bond acceptors (Lipinski definition) is 6. The normalized spacial score (nSPS) is 12.3. The first kappa shape index (κ1) is 22.2. The molecule has 1 atom stereocenters. The summed E-state index contributed by atoms with van der Waals surface area (Å²) in [5, 5.41) is 1.74. The quantitative estimate of drug-likeness (QED) is 0.448. The number of amides is 1. The van der Waals surface area contributed by atoms with Gasteiger partial charge < -0.3 is 9.47 Å². The smallest absolute Gasteiger partial charge is 0.422 e. The Kier molecular flexibility index (Phi) is 6.56. The lowest BCUT2D eigenvalue weighted by atomic mass is 9.96. The summed E-state index contributed by atoms with van der Waals surface area (Å²) in [4.78, 5) is 29.3. The van der Waals surface area contributed by atoms with Crippen molar-refractivity contribution in [1.82, 2.24) is 15.8 Å². The van der Waals surface area contributed by atoms with Crippen LogP contribution in [0.1, 0.15) is 55.2 Å². The van der Waals surface area contributed by atoms with Gasteiger partial charge in [-0.25, -0.2) is 10.2 Å². The number of ketones is 1. The fraction of sp³-hybridized carbons (Fsp3) is 0.292. The lowest BCUT2D eigenvalue weighted by Crippen LogP contribution is -2.42. The van der Waals surface area contributed by atoms with Gasteiger partial charge in [0.25, 0.3) is 0 Å². The predicted molar refractivity (Wildman–Crippen MR) is 119 cm³/mol. The van der Waals surface area contributed by atoms with Crippen LogP contribution < -0.4 is 15.6 Å². The Bertz CT molecular complexity index is 1100. The van der Waals surface area contributed by atoms with Gasteiger partial charge in [0.15, 0.2) is 5.78 Å². The first-order valence-electron chi connectivity index (χ1n) is 9.99. The standard InChI is InChI=1S/C24H27N3O4/c1-15(26-27-23(29)31-24(2,3)4)16-9-10-20(21(13-16)30-5)22(28)19-8-6-7-17-14-25-12-11-18(17)19/h6-15,26H,1-5H3,(H,27,29). The van der Waals surface area contributed by atoms with E-state index in [2.05, 4.69) is 15.8 Å². The summed E-state index contributed by atoms with van der Waals surface area (Å²) < 4.78 is 10.7. The van der Waals surface area contributed by atoms with Gasteiger partial charge in [-0.1, -0.05) is 24.3 Å². The number of ether oxygens (including phenoxy) is 2. The van der Waals surface area contributed by atoms with E-state index in [1.807, 2.05) is 31.2 Å². The van der Waals surface area contributed by atoms with E-state index in [0.29, 0.717) is 16.9 Å². The topological polar surface area (TPSA) is 89.5 Å². The first-order valence-corrected chi connectivity index (χ1v) is 9.99. The number of rotatable bonds is 6. The number of hydrogen-bond donors (Lipinski definition) is 2. The van der Waals surface area contributed by atoms with Crippen molar-refractivity contribution < 1.29 is 19.1 Å². The van der Waals surface area contributed by atoms with Crippen LogP contribution in [0.15, 0.2) is 54.9 Å². The molecular formula is C24H27N3O4. The average Bonchev–Trinajstić information content (AvgIpc) is 2.75. The van der Waals surface area contributed by atoms with Crippen molar-refractivity contribution in [2.75, 3.05) is 7.11 Å². The summed E-state index contributed by atoms with van der Waals surface area (Å²) in [5.74, 6) is 0.326. The average molecular weight is 421 g/mol. The molecule has 0 aliphatic carbocycles. The molecule has 0 saturated carbocycles. The molecule has 0 saturated heterocycles. The molecule has 0 spiro atoms. The van der Waals surface area contributed by atoms with Crippen molar-refractivity contribution >= 4 is 22.6 Å². The molecule has 1 aromatic heterocycles. The highest BCUT2D eigenvalue weighted by atomic mass is 16.6. The molecule has 2 N–H and O–H groups in total. The van der Waals surface area contributed by atoms with Gasteiger partial charge in [-0.2, -0.15) is 0 Å². The maximum absolute atomic E-state index is 13.3. The van der Waals surface area contributed by atoms with E-state index in [9.17, 15) is 9.59 Å². The molecule has 3 rings (SSSR count). The minimum atomic E-state index is -0.585. The number of nitrogens with one attached hydrogen (secondary N) is 2. The number of hydrazine groups is 1. The number of pyridine rings is 1. The number of fused-ring (bicyclic) bond motifs is 1. The zero-order valence-electron chi connectivity index (χ0n) is 18.4. The summed E-state index contributed by atoms with van der Waals surface area (Å²) in [6.45, 7) is 7.26. The van der Waals surface area contributed by atoms with Crippen molar-refractivity contribution in [2.45, 2.75) is 39.3 Å². The van der Waals surface area contributed by atoms with Crippen LogP contribution >= 0.6 is 0 Å². The lowest BCUT2D eigenvalue weighted by Gasteiger charge is -2.22. The van der Waals surface area contributed by atoms with Gasteiger partial charge in [0.05, 0.1) is 12.7 Å². The van der Waals surface area contributed by atoms with E-state index >= 15 is 0 Å². The number of aromatic nitrogens is 1. The Morgan fingerprint density at radius 3 is 2.55 bits per heavy atom. The SMILES string of the molecule is COc1cc(C(C)NNC(=O)OC(C)(C)C)ccc1C(=O)c1cccc2cnccc12. The molecule has 7 heteroatoms. The van der Waals surface area contributed by atoms with Gasteiger partial charge >= 0.3 is 6.09 Å². The van der Waals surface area contributed by atoms with Crippen LogP contribution in [0.3, 0.4) is 0 Å². The Morgan fingerprint density at radius 1 is 1.06 bits per heavy atom. The molecule has 0 fully saturated rings. The second-order valence-corrected chi connectivity index (χ2v) is 8.18. The minimum Gasteiger partial charge on any atom is -0.496 e. The maximum Gasteiger partial charge on any atom is 0.422 e. The Hall–Kier alpha value is -3.45. The Balaban J connectivity index is 1.81. The highest BCUT2D eigenvalue weighted by Crippen LogP contribution is 2.28. The van der Waals surface area contributed by atoms with Crippen LogP contribution in [0.2, 0.25) is 0 Å². The van der Waals surface area contributed by atoms with Gasteiger partial charge in [0.1, 0.15) is 11.4 Å². The first-order chi connectivity index (χ1) is 14.7. The highest BCUT2D eigenvalue weighted by molar-refractivity contribution is 6.17. The molecule has 1 amide bonds. The molecule has 1 unspecified atom stereocenters. The van der Waals surface area contributed by atoms with Crippen molar-refractivity contribution in [2.24, 2.45) is 0 Å². The van der Waals surface area contributed by atoms with E-state index in [0.717, 1.165) is 16.3 Å². The second kappa shape index (κ2) is 9.14. The van der Waals surface area contributed by atoms with Gasteiger partial charge in [-0.3, -0.25) is 15.2 Å². The van der Waals surface area contributed by atoms with Crippen LogP contribution in [0.4, 0.5) is 4.79 Å². The zero-order chi connectivity index (χ0) is 22.6. The molecule has 0 aliphatic heterocycles. The van der Waals surface area contributed by atoms with Crippen LogP contribution in [-0.4, -0.2) is 29.6 Å². The number of nitrogens with zero attached hydrogens (tertiary/aromatic N) is 1. The van der Waals surface area contributed by atoms with E-state index in [-0.39, 0.29) is 11.8 Å². The van der Waals surface area contributed by atoms with E-state index < -0.39 is 11.7 Å². The predicted octanol–water partition coefficient (Wildman–Crippen LogP) is 4.56. The fourth-order valence-electron chi connectivity index (χ4n) is 3.18. The molecule has 3 aromatic rings. The largest absolute Gasteiger partial charge is 0.496 e. The zero-order valence-corrected chi connectivity index (χ0v) is 18.4. The van der Waals surface area contributed by atoms with E-state index in [4.69, 9.17) is 9.47 Å². The van der Waals surface area contributed by atoms with Crippen molar-refractivity contribution in [3.63, 3.8) is 0 Å².